The molecule has 4 rings (SSSR count). The zero-order valence-corrected chi connectivity index (χ0v) is 16.7. The molecular formula is C24H19FN2O4. The predicted octanol–water partition coefficient (Wildman–Crippen LogP) is 3.85. The number of carbonyl (C=O) groups is 2. The largest absolute Gasteiger partial charge is 0.507 e. The highest BCUT2D eigenvalue weighted by atomic mass is 19.1. The van der Waals surface area contributed by atoms with Crippen molar-refractivity contribution in [2.75, 3.05) is 7.11 Å². The minimum atomic E-state index is -0.858. The van der Waals surface area contributed by atoms with E-state index in [9.17, 15) is 19.1 Å². The molecule has 1 aliphatic heterocycles. The zero-order chi connectivity index (χ0) is 22.0. The molecule has 2 heterocycles. The number of methoxy groups -OCH3 is 1. The lowest BCUT2D eigenvalue weighted by molar-refractivity contribution is -0.140. The number of halogens is 1. The number of Topliss-reactive ketones (excluding diaryl/α,β-unsaturated/α-hetero) is 1. The second kappa shape index (κ2) is 8.39. The number of nitrogens with zero attached hydrogens (tertiary/aromatic N) is 2. The average molecular weight is 418 g/mol. The summed E-state index contributed by atoms with van der Waals surface area (Å²) in [5.41, 5.74) is 1.47. The molecule has 0 spiro atoms. The van der Waals surface area contributed by atoms with Crippen LogP contribution in [0.2, 0.25) is 0 Å². The number of benzene rings is 2. The van der Waals surface area contributed by atoms with E-state index in [4.69, 9.17) is 4.74 Å². The van der Waals surface area contributed by atoms with Gasteiger partial charge in [-0.1, -0.05) is 30.3 Å². The van der Waals surface area contributed by atoms with E-state index in [1.165, 1.54) is 24.1 Å². The van der Waals surface area contributed by atoms with Gasteiger partial charge >= 0.3 is 0 Å². The molecule has 1 fully saturated rings. The fraction of sp³-hybridized carbons (Fsp3) is 0.125. The third-order valence-electron chi connectivity index (χ3n) is 5.17. The van der Waals surface area contributed by atoms with E-state index in [0.717, 1.165) is 0 Å². The minimum absolute atomic E-state index is 0.0513. The standard InChI is InChI=1S/C24H19FN2O4/c1-31-19-7-3-2-6-18(19)22(28)20-21(16-5-4-12-26-13-16)27(24(30)23(20)29)14-15-8-10-17(25)11-9-15/h2-13,21,28H,14H2,1H3/b22-20-. The molecule has 31 heavy (non-hydrogen) atoms. The van der Waals surface area contributed by atoms with Crippen LogP contribution in [0.25, 0.3) is 5.76 Å². The highest BCUT2D eigenvalue weighted by molar-refractivity contribution is 6.46. The van der Waals surface area contributed by atoms with Crippen molar-refractivity contribution in [1.82, 2.24) is 9.88 Å². The molecule has 6 nitrogen and oxygen atoms in total. The molecule has 1 unspecified atom stereocenters. The van der Waals surface area contributed by atoms with Gasteiger partial charge in [-0.25, -0.2) is 4.39 Å². The third-order valence-corrected chi connectivity index (χ3v) is 5.17. The number of hydrogen-bond acceptors (Lipinski definition) is 5. The number of amides is 1. The fourth-order valence-corrected chi connectivity index (χ4v) is 3.70. The maximum Gasteiger partial charge on any atom is 0.295 e. The summed E-state index contributed by atoms with van der Waals surface area (Å²) < 4.78 is 18.6. The Hall–Kier alpha value is -4.00. The van der Waals surface area contributed by atoms with Crippen molar-refractivity contribution in [3.05, 3.63) is 101 Å². The number of aliphatic hydroxyl groups excluding tert-OH is 1. The molecular weight excluding hydrogens is 399 g/mol. The molecule has 1 aromatic heterocycles. The van der Waals surface area contributed by atoms with Gasteiger partial charge in [0.1, 0.15) is 17.3 Å². The van der Waals surface area contributed by atoms with Crippen LogP contribution in [0.4, 0.5) is 4.39 Å². The second-order valence-corrected chi connectivity index (χ2v) is 7.04. The first-order valence-electron chi connectivity index (χ1n) is 9.57. The van der Waals surface area contributed by atoms with Crippen LogP contribution in [-0.4, -0.2) is 33.8 Å². The molecule has 1 atom stereocenters. The van der Waals surface area contributed by atoms with E-state index in [1.807, 2.05) is 0 Å². The zero-order valence-electron chi connectivity index (χ0n) is 16.7. The molecule has 0 aliphatic carbocycles. The van der Waals surface area contributed by atoms with Gasteiger partial charge in [0, 0.05) is 18.9 Å². The highest BCUT2D eigenvalue weighted by Crippen LogP contribution is 2.41. The molecule has 1 amide bonds. The Morgan fingerprint density at radius 3 is 2.52 bits per heavy atom. The van der Waals surface area contributed by atoms with E-state index in [1.54, 1.807) is 60.9 Å². The quantitative estimate of drug-likeness (QED) is 0.387. The van der Waals surface area contributed by atoms with Crippen molar-refractivity contribution in [2.45, 2.75) is 12.6 Å². The van der Waals surface area contributed by atoms with E-state index in [-0.39, 0.29) is 17.9 Å². The Bertz CT molecular complexity index is 1160. The molecule has 7 heteroatoms. The molecule has 0 radical (unpaired) electrons. The lowest BCUT2D eigenvalue weighted by atomic mass is 9.96. The number of aliphatic hydroxyl groups is 1. The minimum Gasteiger partial charge on any atom is -0.507 e. The SMILES string of the molecule is COc1ccccc1/C(O)=C1/C(=O)C(=O)N(Cc2ccc(F)cc2)C1c1cccnc1. The van der Waals surface area contributed by atoms with E-state index in [2.05, 4.69) is 4.98 Å². The van der Waals surface area contributed by atoms with E-state index in [0.29, 0.717) is 22.4 Å². The molecule has 3 aromatic rings. The average Bonchev–Trinajstić information content (AvgIpc) is 3.05. The number of rotatable bonds is 5. The lowest BCUT2D eigenvalue weighted by Crippen LogP contribution is -2.29. The first-order chi connectivity index (χ1) is 15.0. The van der Waals surface area contributed by atoms with Gasteiger partial charge in [0.25, 0.3) is 11.7 Å². The van der Waals surface area contributed by atoms with Crippen LogP contribution < -0.4 is 4.74 Å². The van der Waals surface area contributed by atoms with Crippen molar-refractivity contribution >= 4 is 17.4 Å². The van der Waals surface area contributed by atoms with Crippen LogP contribution in [0.1, 0.15) is 22.7 Å². The number of para-hydroxylation sites is 1. The van der Waals surface area contributed by atoms with Gasteiger partial charge in [0.15, 0.2) is 0 Å². The summed E-state index contributed by atoms with van der Waals surface area (Å²) in [5.74, 6) is -1.92. The summed E-state index contributed by atoms with van der Waals surface area (Å²) in [6, 6.07) is 15.0. The maximum atomic E-state index is 13.3. The Labute approximate surface area is 178 Å². The van der Waals surface area contributed by atoms with Gasteiger partial charge < -0.3 is 14.7 Å². The topological polar surface area (TPSA) is 79.7 Å². The van der Waals surface area contributed by atoms with Crippen molar-refractivity contribution < 1.29 is 23.8 Å². The third kappa shape index (κ3) is 3.77. The summed E-state index contributed by atoms with van der Waals surface area (Å²) >= 11 is 0. The Morgan fingerprint density at radius 1 is 1.10 bits per heavy atom. The summed E-state index contributed by atoms with van der Waals surface area (Å²) in [6.07, 6.45) is 3.12. The first kappa shape index (κ1) is 20.3. The van der Waals surface area contributed by atoms with Crippen LogP contribution >= 0.6 is 0 Å². The lowest BCUT2D eigenvalue weighted by Gasteiger charge is -2.25. The van der Waals surface area contributed by atoms with Crippen LogP contribution in [0.5, 0.6) is 5.75 Å². The van der Waals surface area contributed by atoms with Crippen LogP contribution in [0, 0.1) is 5.82 Å². The molecule has 2 aromatic carbocycles. The van der Waals surface area contributed by atoms with Crippen molar-refractivity contribution in [1.29, 1.82) is 0 Å². The predicted molar refractivity (Wildman–Crippen MR) is 111 cm³/mol. The number of pyridine rings is 1. The van der Waals surface area contributed by atoms with Crippen LogP contribution in [-0.2, 0) is 16.1 Å². The molecule has 156 valence electrons. The normalized spacial score (nSPS) is 17.7. The van der Waals surface area contributed by atoms with Crippen molar-refractivity contribution in [3.8, 4) is 5.75 Å². The Balaban J connectivity index is 1.86. The van der Waals surface area contributed by atoms with Gasteiger partial charge in [-0.3, -0.25) is 14.6 Å². The molecule has 1 aliphatic rings. The highest BCUT2D eigenvalue weighted by Gasteiger charge is 2.46. The maximum absolute atomic E-state index is 13.3. The Kier molecular flexibility index (Phi) is 5.49. The number of likely N-dealkylation sites (tertiary alicyclic amines) is 1. The number of ketones is 1. The monoisotopic (exact) mass is 418 g/mol. The van der Waals surface area contributed by atoms with Gasteiger partial charge in [-0.05, 0) is 41.5 Å². The van der Waals surface area contributed by atoms with Gasteiger partial charge in [0.2, 0.25) is 0 Å². The number of aromatic nitrogens is 1. The Morgan fingerprint density at radius 2 is 1.84 bits per heavy atom. The molecule has 0 bridgehead atoms. The number of ether oxygens (including phenoxy) is 1. The van der Waals surface area contributed by atoms with Gasteiger partial charge in [0.05, 0.1) is 24.3 Å². The summed E-state index contributed by atoms with van der Waals surface area (Å²) in [7, 11) is 1.46. The van der Waals surface area contributed by atoms with E-state index < -0.39 is 23.5 Å². The molecule has 1 N–H and O–H groups in total. The summed E-state index contributed by atoms with van der Waals surface area (Å²) in [4.78, 5) is 31.5. The number of carbonyl (C=O) groups excluding carboxylic acids is 2. The van der Waals surface area contributed by atoms with Crippen molar-refractivity contribution in [3.63, 3.8) is 0 Å². The second-order valence-electron chi connectivity index (χ2n) is 7.04. The van der Waals surface area contributed by atoms with Crippen molar-refractivity contribution in [2.24, 2.45) is 0 Å². The number of hydrogen-bond donors (Lipinski definition) is 1. The van der Waals surface area contributed by atoms with Gasteiger partial charge in [-0.2, -0.15) is 0 Å². The van der Waals surface area contributed by atoms with Gasteiger partial charge in [-0.15, -0.1) is 0 Å². The fourth-order valence-electron chi connectivity index (χ4n) is 3.70. The molecule has 0 saturated carbocycles. The van der Waals surface area contributed by atoms with Crippen LogP contribution in [0.3, 0.4) is 0 Å². The van der Waals surface area contributed by atoms with E-state index >= 15 is 0 Å². The summed E-state index contributed by atoms with van der Waals surface area (Å²) in [5, 5.41) is 11.1. The summed E-state index contributed by atoms with van der Waals surface area (Å²) in [6.45, 7) is 0.0626. The molecule has 1 saturated heterocycles. The smallest absolute Gasteiger partial charge is 0.295 e. The van der Waals surface area contributed by atoms with Crippen LogP contribution in [0.15, 0.2) is 78.6 Å². The first-order valence-corrected chi connectivity index (χ1v) is 9.57.